The average molecular weight is 350 g/mol. The molecule has 2 aromatic carbocycles. The summed E-state index contributed by atoms with van der Waals surface area (Å²) in [5.41, 5.74) is 5.02. The van der Waals surface area contributed by atoms with Gasteiger partial charge in [-0.3, -0.25) is 9.89 Å². The molecule has 3 aromatic rings. The summed E-state index contributed by atoms with van der Waals surface area (Å²) in [5.74, 6) is 0.0162. The lowest BCUT2D eigenvalue weighted by Crippen LogP contribution is -2.18. The van der Waals surface area contributed by atoms with Crippen LogP contribution in [0.2, 0.25) is 0 Å². The molecule has 0 aliphatic carbocycles. The Morgan fingerprint density at radius 1 is 1.27 bits per heavy atom. The van der Waals surface area contributed by atoms with Crippen LogP contribution >= 0.6 is 0 Å². The number of nitrogens with one attached hydrogen (secondary N) is 2. The molecule has 0 spiro atoms. The first-order chi connectivity index (χ1) is 12.7. The molecule has 7 nitrogen and oxygen atoms in total. The standard InChI is InChI=1S/C19H18N4O3/c1-2-26-18-10-13(8-9-17(18)24)12-20-23-19(25)16-11-15(21-22-16)14-6-4-3-5-7-14/h3-12,24H,2H2,1H3,(H,21,22)(H,23,25)/b20-12-. The number of carbonyl (C=O) groups excluding carboxylic acids is 1. The number of benzene rings is 2. The first-order valence-corrected chi connectivity index (χ1v) is 8.07. The first kappa shape index (κ1) is 17.2. The third kappa shape index (κ3) is 4.07. The monoisotopic (exact) mass is 350 g/mol. The number of amides is 1. The van der Waals surface area contributed by atoms with Crippen LogP contribution in [-0.4, -0.2) is 34.0 Å². The van der Waals surface area contributed by atoms with Gasteiger partial charge in [-0.2, -0.15) is 10.2 Å². The van der Waals surface area contributed by atoms with E-state index in [-0.39, 0.29) is 5.75 Å². The molecule has 0 radical (unpaired) electrons. The largest absolute Gasteiger partial charge is 0.504 e. The Labute approximate surface area is 150 Å². The van der Waals surface area contributed by atoms with Crippen LogP contribution in [0.4, 0.5) is 0 Å². The van der Waals surface area contributed by atoms with E-state index in [1.165, 1.54) is 12.3 Å². The minimum absolute atomic E-state index is 0.0546. The topological polar surface area (TPSA) is 99.6 Å². The second-order valence-electron chi connectivity index (χ2n) is 5.39. The quantitative estimate of drug-likeness (QED) is 0.470. The molecular formula is C19H18N4O3. The Balaban J connectivity index is 1.65. The van der Waals surface area contributed by atoms with Crippen LogP contribution in [0.5, 0.6) is 11.5 Å². The second-order valence-corrected chi connectivity index (χ2v) is 5.39. The van der Waals surface area contributed by atoms with Gasteiger partial charge in [0.05, 0.1) is 18.5 Å². The van der Waals surface area contributed by atoms with Crippen LogP contribution in [-0.2, 0) is 0 Å². The molecular weight excluding hydrogens is 332 g/mol. The Kier molecular flexibility index (Phi) is 5.28. The predicted octanol–water partition coefficient (Wildman–Crippen LogP) is 2.94. The van der Waals surface area contributed by atoms with Crippen LogP contribution in [0, 0.1) is 0 Å². The van der Waals surface area contributed by atoms with Crippen LogP contribution < -0.4 is 10.2 Å². The number of rotatable bonds is 6. The van der Waals surface area contributed by atoms with E-state index in [0.29, 0.717) is 29.3 Å². The van der Waals surface area contributed by atoms with Crippen molar-refractivity contribution in [2.24, 2.45) is 5.10 Å². The Bertz CT molecular complexity index is 920. The fourth-order valence-corrected chi connectivity index (χ4v) is 2.30. The molecule has 26 heavy (non-hydrogen) atoms. The number of aromatic amines is 1. The van der Waals surface area contributed by atoms with Gasteiger partial charge in [-0.1, -0.05) is 30.3 Å². The van der Waals surface area contributed by atoms with Gasteiger partial charge < -0.3 is 9.84 Å². The number of carbonyl (C=O) groups is 1. The van der Waals surface area contributed by atoms with Gasteiger partial charge in [0, 0.05) is 5.56 Å². The maximum atomic E-state index is 12.1. The summed E-state index contributed by atoms with van der Waals surface area (Å²) in [6.07, 6.45) is 1.47. The lowest BCUT2D eigenvalue weighted by molar-refractivity contribution is 0.0950. The van der Waals surface area contributed by atoms with Gasteiger partial charge >= 0.3 is 0 Å². The van der Waals surface area contributed by atoms with E-state index in [2.05, 4.69) is 20.7 Å². The number of hydrogen-bond donors (Lipinski definition) is 3. The third-order valence-electron chi connectivity index (χ3n) is 3.56. The van der Waals surface area contributed by atoms with E-state index in [1.54, 1.807) is 18.2 Å². The summed E-state index contributed by atoms with van der Waals surface area (Å²) in [4.78, 5) is 12.1. The molecule has 0 aliphatic heterocycles. The molecule has 0 aliphatic rings. The SMILES string of the molecule is CCOc1cc(/C=N\NC(=O)c2cc(-c3ccccc3)n[nH]2)ccc1O. The number of hydrogen-bond acceptors (Lipinski definition) is 5. The fourth-order valence-electron chi connectivity index (χ4n) is 2.30. The van der Waals surface area contributed by atoms with Crippen molar-refractivity contribution in [2.45, 2.75) is 6.92 Å². The molecule has 0 atom stereocenters. The Hall–Kier alpha value is -3.61. The van der Waals surface area contributed by atoms with Crippen molar-refractivity contribution in [1.82, 2.24) is 15.6 Å². The van der Waals surface area contributed by atoms with Gasteiger partial charge in [0.15, 0.2) is 11.5 Å². The van der Waals surface area contributed by atoms with Gasteiger partial charge in [0.2, 0.25) is 0 Å². The number of aromatic nitrogens is 2. The molecule has 1 heterocycles. The summed E-state index contributed by atoms with van der Waals surface area (Å²) >= 11 is 0. The number of phenolic OH excluding ortho intramolecular Hbond substituents is 1. The summed E-state index contributed by atoms with van der Waals surface area (Å²) in [5, 5.41) is 20.4. The lowest BCUT2D eigenvalue weighted by atomic mass is 10.1. The second kappa shape index (κ2) is 7.98. The minimum atomic E-state index is -0.403. The summed E-state index contributed by atoms with van der Waals surface area (Å²) in [6, 6.07) is 16.0. The zero-order valence-electron chi connectivity index (χ0n) is 14.1. The highest BCUT2D eigenvalue weighted by Gasteiger charge is 2.10. The maximum Gasteiger partial charge on any atom is 0.289 e. The van der Waals surface area contributed by atoms with Crippen molar-refractivity contribution < 1.29 is 14.6 Å². The molecule has 0 fully saturated rings. The van der Waals surface area contributed by atoms with E-state index in [4.69, 9.17) is 4.74 Å². The zero-order chi connectivity index (χ0) is 18.4. The van der Waals surface area contributed by atoms with Gasteiger partial charge in [-0.25, -0.2) is 5.43 Å². The fraction of sp³-hybridized carbons (Fsp3) is 0.105. The normalized spacial score (nSPS) is 10.8. The van der Waals surface area contributed by atoms with Gasteiger partial charge in [-0.15, -0.1) is 0 Å². The van der Waals surface area contributed by atoms with Crippen LogP contribution in [0.1, 0.15) is 23.0 Å². The molecule has 0 bridgehead atoms. The highest BCUT2D eigenvalue weighted by atomic mass is 16.5. The third-order valence-corrected chi connectivity index (χ3v) is 3.56. The molecule has 1 aromatic heterocycles. The highest BCUT2D eigenvalue weighted by Crippen LogP contribution is 2.26. The van der Waals surface area contributed by atoms with Crippen molar-refractivity contribution in [2.75, 3.05) is 6.61 Å². The summed E-state index contributed by atoms with van der Waals surface area (Å²) in [6.45, 7) is 2.27. The number of phenols is 1. The van der Waals surface area contributed by atoms with E-state index in [9.17, 15) is 9.90 Å². The molecule has 3 N–H and O–H groups in total. The van der Waals surface area contributed by atoms with Crippen molar-refractivity contribution in [3.8, 4) is 22.8 Å². The van der Waals surface area contributed by atoms with Gasteiger partial charge in [-0.05, 0) is 36.8 Å². The molecule has 0 unspecified atom stereocenters. The molecule has 3 rings (SSSR count). The molecule has 7 heteroatoms. The zero-order valence-corrected chi connectivity index (χ0v) is 14.1. The summed E-state index contributed by atoms with van der Waals surface area (Å²) < 4.78 is 5.31. The number of nitrogens with zero attached hydrogens (tertiary/aromatic N) is 2. The van der Waals surface area contributed by atoms with E-state index in [0.717, 1.165) is 5.56 Å². The summed E-state index contributed by atoms with van der Waals surface area (Å²) in [7, 11) is 0. The smallest absolute Gasteiger partial charge is 0.289 e. The van der Waals surface area contributed by atoms with Crippen LogP contribution in [0.3, 0.4) is 0 Å². The molecule has 132 valence electrons. The Morgan fingerprint density at radius 3 is 2.85 bits per heavy atom. The molecule has 1 amide bonds. The van der Waals surface area contributed by atoms with Gasteiger partial charge in [0.1, 0.15) is 5.69 Å². The number of H-pyrrole nitrogens is 1. The maximum absolute atomic E-state index is 12.1. The lowest BCUT2D eigenvalue weighted by Gasteiger charge is -2.05. The molecule has 0 saturated carbocycles. The van der Waals surface area contributed by atoms with Crippen molar-refractivity contribution in [3.63, 3.8) is 0 Å². The molecule has 0 saturated heterocycles. The minimum Gasteiger partial charge on any atom is -0.504 e. The van der Waals surface area contributed by atoms with E-state index in [1.807, 2.05) is 37.3 Å². The van der Waals surface area contributed by atoms with Gasteiger partial charge in [0.25, 0.3) is 5.91 Å². The number of aromatic hydroxyl groups is 1. The number of ether oxygens (including phenoxy) is 1. The van der Waals surface area contributed by atoms with Crippen molar-refractivity contribution in [3.05, 3.63) is 65.9 Å². The first-order valence-electron chi connectivity index (χ1n) is 8.07. The Morgan fingerprint density at radius 2 is 2.08 bits per heavy atom. The van der Waals surface area contributed by atoms with Crippen LogP contribution in [0.15, 0.2) is 59.7 Å². The predicted molar refractivity (Wildman–Crippen MR) is 98.4 cm³/mol. The number of hydrazone groups is 1. The van der Waals surface area contributed by atoms with Crippen molar-refractivity contribution in [1.29, 1.82) is 0 Å². The highest BCUT2D eigenvalue weighted by molar-refractivity contribution is 5.94. The van der Waals surface area contributed by atoms with E-state index < -0.39 is 5.91 Å². The van der Waals surface area contributed by atoms with Crippen molar-refractivity contribution >= 4 is 12.1 Å². The van der Waals surface area contributed by atoms with Crippen LogP contribution in [0.25, 0.3) is 11.3 Å². The average Bonchev–Trinajstić information content (AvgIpc) is 3.15. The van der Waals surface area contributed by atoms with E-state index >= 15 is 0 Å².